The van der Waals surface area contributed by atoms with Crippen LogP contribution in [0.25, 0.3) is 0 Å². The van der Waals surface area contributed by atoms with E-state index in [2.05, 4.69) is 10.3 Å². The molecule has 0 saturated heterocycles. The molecular weight excluding hydrogens is 232 g/mol. The Morgan fingerprint density at radius 2 is 2.11 bits per heavy atom. The molecule has 2 N–H and O–H groups in total. The third kappa shape index (κ3) is 4.25. The topological polar surface area (TPSA) is 79.3 Å². The van der Waals surface area contributed by atoms with Crippen LogP contribution in [0.5, 0.6) is 0 Å². The summed E-state index contributed by atoms with van der Waals surface area (Å²) in [6.07, 6.45) is 0.845. The second kappa shape index (κ2) is 6.86. The van der Waals surface area contributed by atoms with Crippen LogP contribution in [0.4, 0.5) is 0 Å². The van der Waals surface area contributed by atoms with Crippen LogP contribution < -0.4 is 5.32 Å². The Balaban J connectivity index is 2.65. The quantitative estimate of drug-likeness (QED) is 0.565. The molecule has 0 spiro atoms. The average Bonchev–Trinajstić information content (AvgIpc) is 2.34. The van der Waals surface area contributed by atoms with E-state index in [4.69, 9.17) is 5.11 Å². The van der Waals surface area contributed by atoms with Crippen LogP contribution in [0.15, 0.2) is 12.1 Å². The summed E-state index contributed by atoms with van der Waals surface area (Å²) in [7, 11) is 0. The molecule has 0 saturated carbocycles. The molecule has 0 aromatic carbocycles. The van der Waals surface area contributed by atoms with Gasteiger partial charge in [-0.2, -0.15) is 0 Å². The van der Waals surface area contributed by atoms with Gasteiger partial charge in [0.25, 0.3) is 0 Å². The molecule has 0 fully saturated rings. The number of aliphatic carboxylic acids is 1. The number of nitrogens with one attached hydrogen (secondary N) is 1. The Morgan fingerprint density at radius 1 is 1.39 bits per heavy atom. The zero-order valence-corrected chi connectivity index (χ0v) is 10.7. The van der Waals surface area contributed by atoms with E-state index in [0.29, 0.717) is 18.8 Å². The van der Waals surface area contributed by atoms with E-state index in [0.717, 1.165) is 17.7 Å². The third-order valence-corrected chi connectivity index (χ3v) is 2.60. The molecule has 0 amide bonds. The fourth-order valence-corrected chi connectivity index (χ4v) is 1.61. The Labute approximate surface area is 106 Å². The molecule has 0 unspecified atom stereocenters. The average molecular weight is 250 g/mol. The Hall–Kier alpha value is -1.75. The van der Waals surface area contributed by atoms with Gasteiger partial charge in [0.1, 0.15) is 5.69 Å². The molecule has 1 rings (SSSR count). The van der Waals surface area contributed by atoms with Crippen molar-refractivity contribution in [3.05, 3.63) is 29.1 Å². The number of aromatic nitrogens is 1. The highest BCUT2D eigenvalue weighted by molar-refractivity contribution is 5.92. The number of nitrogens with zero attached hydrogens (tertiary/aromatic N) is 1. The molecule has 1 aromatic heterocycles. The van der Waals surface area contributed by atoms with Gasteiger partial charge >= 0.3 is 5.97 Å². The second-order valence-corrected chi connectivity index (χ2v) is 4.03. The van der Waals surface area contributed by atoms with E-state index in [1.165, 1.54) is 6.92 Å². The highest BCUT2D eigenvalue weighted by Crippen LogP contribution is 2.09. The van der Waals surface area contributed by atoms with Crippen molar-refractivity contribution in [2.45, 2.75) is 33.2 Å². The highest BCUT2D eigenvalue weighted by Gasteiger charge is 2.07. The number of carboxylic acids is 1. The van der Waals surface area contributed by atoms with Gasteiger partial charge in [0.15, 0.2) is 5.78 Å². The fraction of sp³-hybridized carbons (Fsp3) is 0.462. The largest absolute Gasteiger partial charge is 0.481 e. The number of pyridine rings is 1. The van der Waals surface area contributed by atoms with Crippen LogP contribution in [0.2, 0.25) is 0 Å². The van der Waals surface area contributed by atoms with Gasteiger partial charge < -0.3 is 10.4 Å². The number of hydrogen-bond acceptors (Lipinski definition) is 4. The SMILES string of the molecule is CCc1nc(C(C)=O)ccc1CNCCC(=O)O. The number of rotatable bonds is 7. The van der Waals surface area contributed by atoms with Gasteiger partial charge in [0.05, 0.1) is 6.42 Å². The Bertz CT molecular complexity index is 444. The van der Waals surface area contributed by atoms with Crippen LogP contribution >= 0.6 is 0 Å². The van der Waals surface area contributed by atoms with Gasteiger partial charge in [0, 0.05) is 25.7 Å². The summed E-state index contributed by atoms with van der Waals surface area (Å²) in [4.78, 5) is 25.9. The third-order valence-electron chi connectivity index (χ3n) is 2.60. The molecule has 5 heteroatoms. The van der Waals surface area contributed by atoms with Gasteiger partial charge in [-0.05, 0) is 18.1 Å². The molecule has 1 aromatic rings. The molecule has 0 atom stereocenters. The molecule has 18 heavy (non-hydrogen) atoms. The maximum atomic E-state index is 11.2. The molecule has 5 nitrogen and oxygen atoms in total. The van der Waals surface area contributed by atoms with Crippen molar-refractivity contribution >= 4 is 11.8 Å². The minimum atomic E-state index is -0.816. The smallest absolute Gasteiger partial charge is 0.304 e. The van der Waals surface area contributed by atoms with Crippen molar-refractivity contribution in [2.75, 3.05) is 6.54 Å². The normalized spacial score (nSPS) is 10.3. The van der Waals surface area contributed by atoms with Crippen LogP contribution in [0.1, 0.15) is 42.0 Å². The van der Waals surface area contributed by atoms with Crippen molar-refractivity contribution < 1.29 is 14.7 Å². The monoisotopic (exact) mass is 250 g/mol. The Kier molecular flexibility index (Phi) is 5.45. The summed E-state index contributed by atoms with van der Waals surface area (Å²) < 4.78 is 0. The van der Waals surface area contributed by atoms with E-state index >= 15 is 0 Å². The van der Waals surface area contributed by atoms with Crippen molar-refractivity contribution in [3.8, 4) is 0 Å². The number of aryl methyl sites for hydroxylation is 1. The predicted octanol–water partition coefficient (Wildman–Crippen LogP) is 1.41. The number of carbonyl (C=O) groups is 2. The Morgan fingerprint density at radius 3 is 2.67 bits per heavy atom. The number of hydrogen-bond donors (Lipinski definition) is 2. The summed E-state index contributed by atoms with van der Waals surface area (Å²) in [6.45, 7) is 4.47. The van der Waals surface area contributed by atoms with Crippen molar-refractivity contribution in [1.29, 1.82) is 0 Å². The lowest BCUT2D eigenvalue weighted by molar-refractivity contribution is -0.136. The number of carboxylic acid groups (broad SMARTS) is 1. The van der Waals surface area contributed by atoms with E-state index in [-0.39, 0.29) is 12.2 Å². The fourth-order valence-electron chi connectivity index (χ4n) is 1.61. The first-order chi connectivity index (χ1) is 8.54. The first-order valence-corrected chi connectivity index (χ1v) is 5.96. The summed E-state index contributed by atoms with van der Waals surface area (Å²) in [5.74, 6) is -0.863. The van der Waals surface area contributed by atoms with Gasteiger partial charge in [-0.25, -0.2) is 4.98 Å². The predicted molar refractivity (Wildman–Crippen MR) is 67.6 cm³/mol. The first-order valence-electron chi connectivity index (χ1n) is 5.96. The summed E-state index contributed by atoms with van der Waals surface area (Å²) >= 11 is 0. The van der Waals surface area contributed by atoms with Gasteiger partial charge in [0.2, 0.25) is 0 Å². The van der Waals surface area contributed by atoms with Crippen LogP contribution in [-0.4, -0.2) is 28.4 Å². The highest BCUT2D eigenvalue weighted by atomic mass is 16.4. The lowest BCUT2D eigenvalue weighted by Crippen LogP contribution is -2.19. The van der Waals surface area contributed by atoms with E-state index in [1.807, 2.05) is 13.0 Å². The van der Waals surface area contributed by atoms with Gasteiger partial charge in [-0.15, -0.1) is 0 Å². The molecule has 0 aliphatic heterocycles. The molecule has 98 valence electrons. The standard InChI is InChI=1S/C13H18N2O3/c1-3-11-10(8-14-7-6-13(17)18)4-5-12(15-11)9(2)16/h4-5,14H,3,6-8H2,1-2H3,(H,17,18). The molecular formula is C13H18N2O3. The summed E-state index contributed by atoms with van der Waals surface area (Å²) in [5, 5.41) is 11.6. The molecule has 0 bridgehead atoms. The lowest BCUT2D eigenvalue weighted by Gasteiger charge is -2.09. The number of Topliss-reactive ketones (excluding diaryl/α,β-unsaturated/α-hetero) is 1. The van der Waals surface area contributed by atoms with Crippen molar-refractivity contribution in [2.24, 2.45) is 0 Å². The maximum absolute atomic E-state index is 11.2. The van der Waals surface area contributed by atoms with Gasteiger partial charge in [-0.1, -0.05) is 13.0 Å². The van der Waals surface area contributed by atoms with E-state index in [1.54, 1.807) is 6.07 Å². The maximum Gasteiger partial charge on any atom is 0.304 e. The number of carbonyl (C=O) groups excluding carboxylic acids is 1. The molecule has 0 aliphatic carbocycles. The zero-order valence-electron chi connectivity index (χ0n) is 10.7. The lowest BCUT2D eigenvalue weighted by atomic mass is 10.1. The zero-order chi connectivity index (χ0) is 13.5. The van der Waals surface area contributed by atoms with Crippen LogP contribution in [-0.2, 0) is 17.8 Å². The van der Waals surface area contributed by atoms with Gasteiger partial charge in [-0.3, -0.25) is 9.59 Å². The molecule has 0 radical (unpaired) electrons. The van der Waals surface area contributed by atoms with Crippen molar-refractivity contribution in [1.82, 2.24) is 10.3 Å². The molecule has 0 aliphatic rings. The number of ketones is 1. The minimum absolute atomic E-state index is 0.0462. The van der Waals surface area contributed by atoms with Crippen LogP contribution in [0.3, 0.4) is 0 Å². The van der Waals surface area contributed by atoms with Crippen LogP contribution in [0, 0.1) is 0 Å². The van der Waals surface area contributed by atoms with E-state index in [9.17, 15) is 9.59 Å². The minimum Gasteiger partial charge on any atom is -0.481 e. The second-order valence-electron chi connectivity index (χ2n) is 4.03. The van der Waals surface area contributed by atoms with Crippen molar-refractivity contribution in [3.63, 3.8) is 0 Å². The summed E-state index contributed by atoms with van der Waals surface area (Å²) in [5.41, 5.74) is 2.36. The summed E-state index contributed by atoms with van der Waals surface area (Å²) in [6, 6.07) is 3.58. The van der Waals surface area contributed by atoms with E-state index < -0.39 is 5.97 Å². The molecule has 1 heterocycles. The first kappa shape index (κ1) is 14.3.